The molecule has 138 valence electrons. The largest absolute Gasteiger partial charge is 0.448 e. The van der Waals surface area contributed by atoms with Gasteiger partial charge >= 0.3 is 0 Å². The van der Waals surface area contributed by atoms with Crippen LogP contribution in [0.2, 0.25) is 0 Å². The van der Waals surface area contributed by atoms with Gasteiger partial charge in [-0.1, -0.05) is 60.6 Å². The van der Waals surface area contributed by atoms with Crippen LogP contribution in [0.1, 0.15) is 36.3 Å². The molecule has 0 unspecified atom stereocenters. The number of anilines is 1. The van der Waals surface area contributed by atoms with Gasteiger partial charge in [-0.3, -0.25) is 0 Å². The summed E-state index contributed by atoms with van der Waals surface area (Å²) >= 11 is 1.60. The summed E-state index contributed by atoms with van der Waals surface area (Å²) in [5.41, 5.74) is 6.05. The predicted molar refractivity (Wildman–Crippen MR) is 109 cm³/mol. The fourth-order valence-electron chi connectivity index (χ4n) is 3.08. The first kappa shape index (κ1) is 17.8. The Labute approximate surface area is 163 Å². The number of aryl methyl sites for hydroxylation is 2. The third-order valence-electron chi connectivity index (χ3n) is 4.49. The van der Waals surface area contributed by atoms with E-state index in [1.165, 1.54) is 11.1 Å². The van der Waals surface area contributed by atoms with Crippen LogP contribution in [0.3, 0.4) is 0 Å². The van der Waals surface area contributed by atoms with Crippen LogP contribution >= 0.6 is 11.8 Å². The molecule has 0 amide bonds. The maximum absolute atomic E-state index is 6.34. The molecule has 5 nitrogen and oxygen atoms in total. The summed E-state index contributed by atoms with van der Waals surface area (Å²) < 4.78 is 6.34. The maximum atomic E-state index is 6.34. The number of hydrogen-bond donors (Lipinski definition) is 1. The number of para-hydroxylation sites is 1. The lowest BCUT2D eigenvalue weighted by Crippen LogP contribution is -2.18. The molecule has 3 aromatic rings. The number of aromatic nitrogens is 3. The molecule has 0 fully saturated rings. The highest BCUT2D eigenvalue weighted by Gasteiger charge is 2.26. The van der Waals surface area contributed by atoms with Crippen molar-refractivity contribution in [1.29, 1.82) is 0 Å². The van der Waals surface area contributed by atoms with Crippen LogP contribution in [0.4, 0.5) is 5.69 Å². The standard InChI is InChI=1S/C21H22N4OS/c1-4-11-27-21-23-20-18(24-25-21)15-7-5-6-8-17(15)22-19(26-20)16-12-13(2)9-10-14(16)3/h5-10,12,19,22H,4,11H2,1-3H3/t19-/m0/s1. The van der Waals surface area contributed by atoms with E-state index in [-0.39, 0.29) is 6.23 Å². The maximum Gasteiger partial charge on any atom is 0.247 e. The molecular formula is C21H22N4OS. The molecule has 6 heteroatoms. The van der Waals surface area contributed by atoms with Gasteiger partial charge in [0.1, 0.15) is 0 Å². The second-order valence-corrected chi connectivity index (χ2v) is 7.71. The van der Waals surface area contributed by atoms with Gasteiger partial charge in [-0.2, -0.15) is 4.98 Å². The Balaban J connectivity index is 1.82. The van der Waals surface area contributed by atoms with E-state index in [4.69, 9.17) is 4.74 Å². The lowest BCUT2D eigenvalue weighted by Gasteiger charge is -2.21. The summed E-state index contributed by atoms with van der Waals surface area (Å²) in [5, 5.41) is 12.9. The van der Waals surface area contributed by atoms with Crippen molar-refractivity contribution in [2.45, 2.75) is 38.6 Å². The molecule has 0 spiro atoms. The molecule has 2 aromatic carbocycles. The summed E-state index contributed by atoms with van der Waals surface area (Å²) in [7, 11) is 0. The Morgan fingerprint density at radius 1 is 1.11 bits per heavy atom. The van der Waals surface area contributed by atoms with Crippen molar-refractivity contribution in [1.82, 2.24) is 15.2 Å². The van der Waals surface area contributed by atoms with Crippen molar-refractivity contribution in [3.05, 3.63) is 59.2 Å². The van der Waals surface area contributed by atoms with Gasteiger partial charge < -0.3 is 10.1 Å². The first-order valence-electron chi connectivity index (χ1n) is 9.13. The van der Waals surface area contributed by atoms with Crippen molar-refractivity contribution >= 4 is 17.4 Å². The van der Waals surface area contributed by atoms with Gasteiger partial charge in [-0.05, 0) is 31.9 Å². The van der Waals surface area contributed by atoms with Crippen LogP contribution in [-0.2, 0) is 0 Å². The minimum atomic E-state index is -0.340. The van der Waals surface area contributed by atoms with Gasteiger partial charge in [-0.25, -0.2) is 0 Å². The molecule has 4 rings (SSSR count). The Morgan fingerprint density at radius 2 is 1.96 bits per heavy atom. The highest BCUT2D eigenvalue weighted by atomic mass is 32.2. The molecule has 1 atom stereocenters. The number of fused-ring (bicyclic) bond motifs is 3. The number of benzene rings is 2. The van der Waals surface area contributed by atoms with Gasteiger partial charge in [-0.15, -0.1) is 10.2 Å². The third-order valence-corrected chi connectivity index (χ3v) is 5.53. The predicted octanol–water partition coefficient (Wildman–Crippen LogP) is 5.16. The Bertz CT molecular complexity index is 976. The summed E-state index contributed by atoms with van der Waals surface area (Å²) in [4.78, 5) is 4.66. The summed E-state index contributed by atoms with van der Waals surface area (Å²) in [6, 6.07) is 14.4. The number of nitrogens with one attached hydrogen (secondary N) is 1. The van der Waals surface area contributed by atoms with Crippen molar-refractivity contribution in [2.24, 2.45) is 0 Å². The van der Waals surface area contributed by atoms with E-state index >= 15 is 0 Å². The average Bonchev–Trinajstić information content (AvgIpc) is 2.84. The van der Waals surface area contributed by atoms with E-state index in [2.05, 4.69) is 59.5 Å². The Kier molecular flexibility index (Phi) is 4.99. The van der Waals surface area contributed by atoms with E-state index in [0.717, 1.165) is 29.0 Å². The first-order valence-corrected chi connectivity index (χ1v) is 10.1. The summed E-state index contributed by atoms with van der Waals surface area (Å²) in [6.45, 7) is 6.32. The van der Waals surface area contributed by atoms with E-state index in [1.54, 1.807) is 11.8 Å². The normalized spacial score (nSPS) is 15.1. The summed E-state index contributed by atoms with van der Waals surface area (Å²) in [6.07, 6.45) is 0.717. The van der Waals surface area contributed by atoms with Crippen molar-refractivity contribution in [3.63, 3.8) is 0 Å². The number of rotatable bonds is 4. The summed E-state index contributed by atoms with van der Waals surface area (Å²) in [5.74, 6) is 1.47. The van der Waals surface area contributed by atoms with Gasteiger partial charge in [0.2, 0.25) is 11.0 Å². The molecular weight excluding hydrogens is 356 g/mol. The van der Waals surface area contributed by atoms with Gasteiger partial charge in [0.05, 0.1) is 0 Å². The second-order valence-electron chi connectivity index (χ2n) is 6.64. The Hall–Kier alpha value is -2.60. The van der Waals surface area contributed by atoms with Crippen molar-refractivity contribution in [3.8, 4) is 17.1 Å². The smallest absolute Gasteiger partial charge is 0.247 e. The van der Waals surface area contributed by atoms with E-state index in [0.29, 0.717) is 16.7 Å². The molecule has 1 aromatic heterocycles. The topological polar surface area (TPSA) is 59.9 Å². The van der Waals surface area contributed by atoms with Gasteiger partial charge in [0, 0.05) is 22.6 Å². The lowest BCUT2D eigenvalue weighted by atomic mass is 10.0. The van der Waals surface area contributed by atoms with Gasteiger partial charge in [0.25, 0.3) is 0 Å². The lowest BCUT2D eigenvalue weighted by molar-refractivity contribution is 0.224. The number of hydrogen-bond acceptors (Lipinski definition) is 6. The van der Waals surface area contributed by atoms with Crippen LogP contribution in [-0.4, -0.2) is 20.9 Å². The van der Waals surface area contributed by atoms with E-state index in [1.807, 2.05) is 24.3 Å². The first-order chi connectivity index (χ1) is 13.2. The van der Waals surface area contributed by atoms with E-state index < -0.39 is 0 Å². The molecule has 27 heavy (non-hydrogen) atoms. The van der Waals surface area contributed by atoms with E-state index in [9.17, 15) is 0 Å². The molecule has 0 saturated heterocycles. The van der Waals surface area contributed by atoms with Crippen molar-refractivity contribution < 1.29 is 4.74 Å². The highest BCUT2D eigenvalue weighted by Crippen LogP contribution is 2.40. The van der Waals surface area contributed by atoms with Crippen LogP contribution < -0.4 is 10.1 Å². The van der Waals surface area contributed by atoms with Crippen LogP contribution in [0, 0.1) is 13.8 Å². The zero-order valence-electron chi connectivity index (χ0n) is 15.7. The number of ether oxygens (including phenoxy) is 1. The fraction of sp³-hybridized carbons (Fsp3) is 0.286. The molecule has 0 radical (unpaired) electrons. The van der Waals surface area contributed by atoms with Crippen LogP contribution in [0.25, 0.3) is 11.3 Å². The second kappa shape index (κ2) is 7.56. The quantitative estimate of drug-likeness (QED) is 0.633. The average molecular weight is 379 g/mol. The molecule has 0 saturated carbocycles. The zero-order chi connectivity index (χ0) is 18.8. The van der Waals surface area contributed by atoms with Crippen molar-refractivity contribution in [2.75, 3.05) is 11.1 Å². The van der Waals surface area contributed by atoms with Crippen LogP contribution in [0.15, 0.2) is 47.6 Å². The zero-order valence-corrected chi connectivity index (χ0v) is 16.5. The minimum Gasteiger partial charge on any atom is -0.448 e. The third kappa shape index (κ3) is 3.62. The molecule has 1 aliphatic rings. The molecule has 2 heterocycles. The molecule has 0 aliphatic carbocycles. The Morgan fingerprint density at radius 3 is 2.81 bits per heavy atom. The number of nitrogens with zero attached hydrogens (tertiary/aromatic N) is 3. The molecule has 1 N–H and O–H groups in total. The molecule has 0 bridgehead atoms. The SMILES string of the molecule is CCCSc1nnc2c(n1)O[C@@H](c1cc(C)ccc1C)Nc1ccccc1-2. The van der Waals surface area contributed by atoms with Gasteiger partial charge in [0.15, 0.2) is 11.9 Å². The van der Waals surface area contributed by atoms with Crippen LogP contribution in [0.5, 0.6) is 5.88 Å². The molecule has 1 aliphatic heterocycles. The monoisotopic (exact) mass is 378 g/mol. The fourth-order valence-corrected chi connectivity index (χ4v) is 3.72. The number of thioether (sulfide) groups is 1. The minimum absolute atomic E-state index is 0.340. The highest BCUT2D eigenvalue weighted by molar-refractivity contribution is 7.99.